The third kappa shape index (κ3) is 1.37. The Labute approximate surface area is 53.1 Å². The van der Waals surface area contributed by atoms with E-state index in [4.69, 9.17) is 9.31 Å². The van der Waals surface area contributed by atoms with E-state index in [0.29, 0.717) is 11.5 Å². The molecule has 0 radical (unpaired) electrons. The Balaban J connectivity index is 2.76. The molecule has 1 aromatic rings. The second-order valence-corrected chi connectivity index (χ2v) is 2.74. The van der Waals surface area contributed by atoms with E-state index >= 15 is 0 Å². The normalized spacial score (nSPS) is 13.0. The number of hydrogen-bond acceptors (Lipinski definition) is 3. The molecule has 0 aliphatic heterocycles. The summed E-state index contributed by atoms with van der Waals surface area (Å²) in [7, 11) is -1.68. The van der Waals surface area contributed by atoms with Gasteiger partial charge in [-0.05, 0) is 12.1 Å². The van der Waals surface area contributed by atoms with Crippen LogP contribution in [0, 0.1) is 0 Å². The maximum atomic E-state index is 9.92. The smallest absolute Gasteiger partial charge is 0.176 e. The summed E-state index contributed by atoms with van der Waals surface area (Å²) < 4.78 is 4.73. The minimum Gasteiger partial charge on any atom is -0.462 e. The van der Waals surface area contributed by atoms with Crippen LogP contribution in [0.2, 0.25) is 0 Å². The average molecular weight is 144 g/mol. The molecule has 0 bridgehead atoms. The standard InChI is InChI=1S/C5H5O3P/c6-4-9(7)5-2-1-3-8-5/h1-4,7H. The predicted octanol–water partition coefficient (Wildman–Crippen LogP) is 0.484. The highest BCUT2D eigenvalue weighted by Crippen LogP contribution is 2.23. The van der Waals surface area contributed by atoms with E-state index in [1.807, 2.05) is 0 Å². The number of furan rings is 1. The summed E-state index contributed by atoms with van der Waals surface area (Å²) in [5.41, 5.74) is 0.347. The van der Waals surface area contributed by atoms with E-state index in [1.54, 1.807) is 12.1 Å². The highest BCUT2D eigenvalue weighted by Gasteiger charge is 2.06. The van der Waals surface area contributed by atoms with Crippen molar-refractivity contribution in [2.24, 2.45) is 0 Å². The van der Waals surface area contributed by atoms with Gasteiger partial charge in [0.25, 0.3) is 0 Å². The monoisotopic (exact) mass is 144 g/mol. The van der Waals surface area contributed by atoms with Crippen LogP contribution in [0.5, 0.6) is 0 Å². The number of carbonyl (C=O) groups excluding carboxylic acids is 1. The minimum absolute atomic E-state index is 0.347. The first kappa shape index (κ1) is 6.46. The molecular formula is C5H5O3P. The molecule has 1 rings (SSSR count). The van der Waals surface area contributed by atoms with Crippen molar-refractivity contribution in [1.29, 1.82) is 0 Å². The van der Waals surface area contributed by atoms with Crippen molar-refractivity contribution in [2.45, 2.75) is 0 Å². The lowest BCUT2D eigenvalue weighted by Crippen LogP contribution is -1.94. The topological polar surface area (TPSA) is 50.4 Å². The zero-order valence-corrected chi connectivity index (χ0v) is 5.41. The molecule has 1 aromatic heterocycles. The van der Waals surface area contributed by atoms with Crippen LogP contribution in [0.1, 0.15) is 0 Å². The molecule has 0 fully saturated rings. The molecule has 48 valence electrons. The fourth-order valence-electron chi connectivity index (χ4n) is 0.452. The van der Waals surface area contributed by atoms with Crippen molar-refractivity contribution in [3.05, 3.63) is 18.4 Å². The van der Waals surface area contributed by atoms with Crippen LogP contribution in [0.4, 0.5) is 0 Å². The summed E-state index contributed by atoms with van der Waals surface area (Å²) in [4.78, 5) is 18.7. The third-order valence-corrected chi connectivity index (χ3v) is 1.74. The maximum Gasteiger partial charge on any atom is 0.176 e. The lowest BCUT2D eigenvalue weighted by molar-refractivity contribution is 0.554. The lowest BCUT2D eigenvalue weighted by atomic mass is 10.7. The Bertz CT molecular complexity index is 182. The fourth-order valence-corrected chi connectivity index (χ4v) is 0.964. The number of carbonyl (C=O) groups is 1. The first-order chi connectivity index (χ1) is 4.34. The summed E-state index contributed by atoms with van der Waals surface area (Å²) in [5.74, 6) is 0. The molecular weight excluding hydrogens is 139 g/mol. The Hall–Kier alpha value is -0.660. The highest BCUT2D eigenvalue weighted by molar-refractivity contribution is 7.73. The molecule has 0 aliphatic carbocycles. The van der Waals surface area contributed by atoms with E-state index in [0.717, 1.165) is 0 Å². The van der Waals surface area contributed by atoms with Gasteiger partial charge in [0.15, 0.2) is 19.7 Å². The first-order valence-electron chi connectivity index (χ1n) is 2.31. The van der Waals surface area contributed by atoms with E-state index in [2.05, 4.69) is 0 Å². The Morgan fingerprint density at radius 2 is 2.56 bits per heavy atom. The molecule has 0 aromatic carbocycles. The van der Waals surface area contributed by atoms with Crippen LogP contribution >= 0.6 is 8.15 Å². The van der Waals surface area contributed by atoms with Gasteiger partial charge in [0, 0.05) is 0 Å². The van der Waals surface area contributed by atoms with Crippen molar-refractivity contribution >= 4 is 19.7 Å². The first-order valence-corrected chi connectivity index (χ1v) is 3.68. The van der Waals surface area contributed by atoms with Gasteiger partial charge in [-0.15, -0.1) is 0 Å². The van der Waals surface area contributed by atoms with E-state index in [1.165, 1.54) is 6.26 Å². The minimum atomic E-state index is -1.68. The van der Waals surface area contributed by atoms with Gasteiger partial charge in [-0.3, -0.25) is 4.79 Å². The van der Waals surface area contributed by atoms with Gasteiger partial charge < -0.3 is 9.31 Å². The van der Waals surface area contributed by atoms with Crippen LogP contribution in [0.25, 0.3) is 0 Å². The predicted molar refractivity (Wildman–Crippen MR) is 34.2 cm³/mol. The van der Waals surface area contributed by atoms with Crippen molar-refractivity contribution in [1.82, 2.24) is 0 Å². The van der Waals surface area contributed by atoms with E-state index < -0.39 is 8.15 Å². The third-order valence-electron chi connectivity index (χ3n) is 0.832. The van der Waals surface area contributed by atoms with Crippen molar-refractivity contribution in [3.8, 4) is 0 Å². The quantitative estimate of drug-likeness (QED) is 0.485. The van der Waals surface area contributed by atoms with Crippen molar-refractivity contribution in [3.63, 3.8) is 0 Å². The van der Waals surface area contributed by atoms with Crippen LogP contribution < -0.4 is 5.50 Å². The molecule has 0 saturated heterocycles. The molecule has 0 spiro atoms. The van der Waals surface area contributed by atoms with Crippen LogP contribution in [-0.2, 0) is 4.79 Å². The molecule has 1 N–H and O–H groups in total. The lowest BCUT2D eigenvalue weighted by Gasteiger charge is -1.92. The number of rotatable bonds is 2. The van der Waals surface area contributed by atoms with Crippen LogP contribution in [0.3, 0.4) is 0 Å². The van der Waals surface area contributed by atoms with Gasteiger partial charge in [0.1, 0.15) is 0 Å². The zero-order valence-electron chi connectivity index (χ0n) is 4.52. The molecule has 0 aliphatic rings. The SMILES string of the molecule is O=CP(O)c1ccco1. The average Bonchev–Trinajstić information content (AvgIpc) is 2.37. The molecule has 9 heavy (non-hydrogen) atoms. The molecule has 0 amide bonds. The van der Waals surface area contributed by atoms with Gasteiger partial charge in [0.05, 0.1) is 6.26 Å². The number of hydrogen-bond donors (Lipinski definition) is 1. The highest BCUT2D eigenvalue weighted by atomic mass is 31.1. The second kappa shape index (κ2) is 2.76. The van der Waals surface area contributed by atoms with Gasteiger partial charge in [-0.2, -0.15) is 0 Å². The van der Waals surface area contributed by atoms with E-state index in [-0.39, 0.29) is 0 Å². The Morgan fingerprint density at radius 1 is 1.78 bits per heavy atom. The zero-order chi connectivity index (χ0) is 6.69. The van der Waals surface area contributed by atoms with Gasteiger partial charge >= 0.3 is 0 Å². The van der Waals surface area contributed by atoms with Crippen molar-refractivity contribution < 1.29 is 14.1 Å². The molecule has 1 atom stereocenters. The summed E-state index contributed by atoms with van der Waals surface area (Å²) in [6, 6.07) is 3.68. The Kier molecular flexibility index (Phi) is 1.98. The molecule has 1 unspecified atom stereocenters. The summed E-state index contributed by atoms with van der Waals surface area (Å²) >= 11 is 0. The maximum absolute atomic E-state index is 9.92. The summed E-state index contributed by atoms with van der Waals surface area (Å²) in [6.07, 6.45) is 1.42. The summed E-state index contributed by atoms with van der Waals surface area (Å²) in [6.45, 7) is 0. The van der Waals surface area contributed by atoms with Crippen molar-refractivity contribution in [2.75, 3.05) is 0 Å². The second-order valence-electron chi connectivity index (χ2n) is 1.40. The van der Waals surface area contributed by atoms with Gasteiger partial charge in [-0.25, -0.2) is 0 Å². The molecule has 0 saturated carbocycles. The molecule has 1 heterocycles. The van der Waals surface area contributed by atoms with E-state index in [9.17, 15) is 4.79 Å². The fraction of sp³-hybridized carbons (Fsp3) is 0. The Morgan fingerprint density at radius 3 is 3.00 bits per heavy atom. The largest absolute Gasteiger partial charge is 0.462 e. The molecule has 4 heteroatoms. The van der Waals surface area contributed by atoms with Gasteiger partial charge in [0.2, 0.25) is 0 Å². The summed E-state index contributed by atoms with van der Waals surface area (Å²) in [5, 5.41) is 0. The van der Waals surface area contributed by atoms with Gasteiger partial charge in [-0.1, -0.05) is 0 Å². The van der Waals surface area contributed by atoms with Crippen LogP contribution in [0.15, 0.2) is 22.8 Å². The van der Waals surface area contributed by atoms with Crippen LogP contribution in [-0.4, -0.2) is 10.9 Å². The molecule has 3 nitrogen and oxygen atoms in total.